The lowest BCUT2D eigenvalue weighted by atomic mass is 10.1. The normalized spacial score (nSPS) is 13.9. The Morgan fingerprint density at radius 3 is 2.54 bits per heavy atom. The molecule has 0 rings (SSSR count). The third kappa shape index (κ3) is 6.90. The highest BCUT2D eigenvalue weighted by Crippen LogP contribution is 2.15. The Kier molecular flexibility index (Phi) is 5.40. The molecule has 1 amide bonds. The van der Waals surface area contributed by atoms with Crippen LogP contribution < -0.4 is 11.1 Å². The predicted molar refractivity (Wildman–Crippen MR) is 58.9 cm³/mol. The number of hydrogen-bond acceptors (Lipinski definition) is 3. The molecular formula is C9H20N2OS. The van der Waals surface area contributed by atoms with Gasteiger partial charge >= 0.3 is 0 Å². The number of thioether (sulfide) groups is 1. The van der Waals surface area contributed by atoms with Gasteiger partial charge in [0.1, 0.15) is 0 Å². The predicted octanol–water partition coefficient (Wildman–Crippen LogP) is 0.982. The minimum atomic E-state index is -0.203. The molecule has 0 aromatic carbocycles. The van der Waals surface area contributed by atoms with Crippen molar-refractivity contribution in [2.24, 2.45) is 5.73 Å². The number of nitrogens with two attached hydrogens (primary N) is 1. The molecule has 3 N–H and O–H groups in total. The Balaban J connectivity index is 3.74. The Bertz CT molecular complexity index is 165. The Labute approximate surface area is 84.8 Å². The highest BCUT2D eigenvalue weighted by Gasteiger charge is 2.17. The monoisotopic (exact) mass is 204 g/mol. The number of hydrogen-bond donors (Lipinski definition) is 2. The van der Waals surface area contributed by atoms with E-state index in [1.165, 1.54) is 0 Å². The zero-order valence-corrected chi connectivity index (χ0v) is 9.70. The van der Waals surface area contributed by atoms with Crippen LogP contribution in [0.3, 0.4) is 0 Å². The standard InChI is InChI=1S/C9H20N2OS/c1-5-11-8(12)7(2)13-6-9(3,4)10/h7H,5-6,10H2,1-4H3,(H,11,12). The van der Waals surface area contributed by atoms with Gasteiger partial charge in [0.25, 0.3) is 0 Å². The largest absolute Gasteiger partial charge is 0.355 e. The van der Waals surface area contributed by atoms with E-state index >= 15 is 0 Å². The van der Waals surface area contributed by atoms with Crippen molar-refractivity contribution in [2.75, 3.05) is 12.3 Å². The van der Waals surface area contributed by atoms with E-state index in [1.54, 1.807) is 11.8 Å². The fourth-order valence-corrected chi connectivity index (χ4v) is 1.65. The molecule has 0 saturated heterocycles. The summed E-state index contributed by atoms with van der Waals surface area (Å²) in [6.07, 6.45) is 0. The van der Waals surface area contributed by atoms with Gasteiger partial charge in [0, 0.05) is 17.8 Å². The summed E-state index contributed by atoms with van der Waals surface area (Å²) >= 11 is 1.59. The van der Waals surface area contributed by atoms with Crippen LogP contribution in [-0.4, -0.2) is 29.0 Å². The molecule has 0 aliphatic rings. The molecule has 0 aromatic rings. The quantitative estimate of drug-likeness (QED) is 0.702. The van der Waals surface area contributed by atoms with Gasteiger partial charge in [-0.25, -0.2) is 0 Å². The minimum absolute atomic E-state index is 0.0113. The van der Waals surface area contributed by atoms with Crippen LogP contribution in [0.25, 0.3) is 0 Å². The van der Waals surface area contributed by atoms with Crippen LogP contribution in [0.15, 0.2) is 0 Å². The Morgan fingerprint density at radius 2 is 2.15 bits per heavy atom. The van der Waals surface area contributed by atoms with E-state index in [2.05, 4.69) is 5.32 Å². The van der Waals surface area contributed by atoms with Gasteiger partial charge in [-0.2, -0.15) is 0 Å². The fraction of sp³-hybridized carbons (Fsp3) is 0.889. The molecule has 0 spiro atoms. The third-order valence-corrected chi connectivity index (χ3v) is 3.05. The minimum Gasteiger partial charge on any atom is -0.355 e. The van der Waals surface area contributed by atoms with Crippen LogP contribution in [0.4, 0.5) is 0 Å². The number of nitrogens with one attached hydrogen (secondary N) is 1. The van der Waals surface area contributed by atoms with E-state index in [-0.39, 0.29) is 16.7 Å². The van der Waals surface area contributed by atoms with Gasteiger partial charge < -0.3 is 11.1 Å². The molecule has 0 aliphatic heterocycles. The van der Waals surface area contributed by atoms with E-state index in [4.69, 9.17) is 5.73 Å². The van der Waals surface area contributed by atoms with Crippen LogP contribution in [0, 0.1) is 0 Å². The van der Waals surface area contributed by atoms with Crippen LogP contribution >= 0.6 is 11.8 Å². The maximum atomic E-state index is 11.3. The topological polar surface area (TPSA) is 55.1 Å². The molecule has 0 heterocycles. The van der Waals surface area contributed by atoms with E-state index in [0.29, 0.717) is 6.54 Å². The molecule has 0 fully saturated rings. The lowest BCUT2D eigenvalue weighted by molar-refractivity contribution is -0.120. The summed E-state index contributed by atoms with van der Waals surface area (Å²) in [5.74, 6) is 0.891. The summed E-state index contributed by atoms with van der Waals surface area (Å²) in [6.45, 7) is 8.44. The summed E-state index contributed by atoms with van der Waals surface area (Å²) in [6, 6.07) is 0. The summed E-state index contributed by atoms with van der Waals surface area (Å²) in [7, 11) is 0. The third-order valence-electron chi connectivity index (χ3n) is 1.43. The first-order valence-electron chi connectivity index (χ1n) is 4.55. The van der Waals surface area contributed by atoms with E-state index in [1.807, 2.05) is 27.7 Å². The first-order valence-corrected chi connectivity index (χ1v) is 5.60. The molecule has 1 unspecified atom stereocenters. The molecule has 0 saturated carbocycles. The molecule has 4 heteroatoms. The molecular weight excluding hydrogens is 184 g/mol. The van der Waals surface area contributed by atoms with Crippen LogP contribution in [0.2, 0.25) is 0 Å². The fourth-order valence-electron chi connectivity index (χ4n) is 0.733. The van der Waals surface area contributed by atoms with Crippen molar-refractivity contribution in [3.63, 3.8) is 0 Å². The van der Waals surface area contributed by atoms with Crippen molar-refractivity contribution in [3.8, 4) is 0 Å². The van der Waals surface area contributed by atoms with Crippen molar-refractivity contribution >= 4 is 17.7 Å². The smallest absolute Gasteiger partial charge is 0.232 e. The number of carbonyl (C=O) groups excluding carboxylic acids is 1. The zero-order valence-electron chi connectivity index (χ0n) is 8.89. The van der Waals surface area contributed by atoms with Gasteiger partial charge in [0.05, 0.1) is 5.25 Å². The van der Waals surface area contributed by atoms with Gasteiger partial charge in [0.15, 0.2) is 0 Å². The lowest BCUT2D eigenvalue weighted by Gasteiger charge is -2.20. The van der Waals surface area contributed by atoms with Crippen molar-refractivity contribution in [1.82, 2.24) is 5.32 Å². The highest BCUT2D eigenvalue weighted by molar-refractivity contribution is 8.00. The average Bonchev–Trinajstić information content (AvgIpc) is 1.99. The lowest BCUT2D eigenvalue weighted by Crippen LogP contribution is -2.37. The second kappa shape index (κ2) is 5.50. The molecule has 1 atom stereocenters. The first kappa shape index (κ1) is 12.8. The van der Waals surface area contributed by atoms with E-state index in [9.17, 15) is 4.79 Å². The Morgan fingerprint density at radius 1 is 1.62 bits per heavy atom. The van der Waals surface area contributed by atoms with Crippen molar-refractivity contribution in [1.29, 1.82) is 0 Å². The highest BCUT2D eigenvalue weighted by atomic mass is 32.2. The van der Waals surface area contributed by atoms with Crippen LogP contribution in [-0.2, 0) is 4.79 Å². The van der Waals surface area contributed by atoms with Crippen LogP contribution in [0.5, 0.6) is 0 Å². The molecule has 0 bridgehead atoms. The summed E-state index contributed by atoms with van der Waals surface area (Å²) in [4.78, 5) is 11.3. The van der Waals surface area contributed by atoms with Gasteiger partial charge in [-0.05, 0) is 27.7 Å². The SMILES string of the molecule is CCNC(=O)C(C)SCC(C)(C)N. The van der Waals surface area contributed by atoms with Gasteiger partial charge in [-0.3, -0.25) is 4.79 Å². The van der Waals surface area contributed by atoms with Gasteiger partial charge in [-0.1, -0.05) is 0 Å². The second-order valence-electron chi connectivity index (χ2n) is 3.84. The first-order chi connectivity index (χ1) is 5.87. The summed E-state index contributed by atoms with van der Waals surface area (Å²) in [5, 5.41) is 2.77. The number of amides is 1. The molecule has 3 nitrogen and oxygen atoms in total. The molecule has 13 heavy (non-hydrogen) atoms. The molecule has 0 radical (unpaired) electrons. The van der Waals surface area contributed by atoms with Crippen molar-refractivity contribution in [2.45, 2.75) is 38.5 Å². The molecule has 78 valence electrons. The maximum Gasteiger partial charge on any atom is 0.232 e. The van der Waals surface area contributed by atoms with Crippen molar-refractivity contribution in [3.05, 3.63) is 0 Å². The number of rotatable bonds is 5. The van der Waals surface area contributed by atoms with Gasteiger partial charge in [-0.15, -0.1) is 11.8 Å². The van der Waals surface area contributed by atoms with Crippen molar-refractivity contribution < 1.29 is 4.79 Å². The zero-order chi connectivity index (χ0) is 10.5. The number of carbonyl (C=O) groups is 1. The molecule has 0 aromatic heterocycles. The summed E-state index contributed by atoms with van der Waals surface area (Å²) < 4.78 is 0. The molecule has 0 aliphatic carbocycles. The second-order valence-corrected chi connectivity index (χ2v) is 5.17. The van der Waals surface area contributed by atoms with Crippen LogP contribution in [0.1, 0.15) is 27.7 Å². The van der Waals surface area contributed by atoms with E-state index in [0.717, 1.165) is 5.75 Å². The van der Waals surface area contributed by atoms with E-state index < -0.39 is 0 Å². The van der Waals surface area contributed by atoms with Gasteiger partial charge in [0.2, 0.25) is 5.91 Å². The summed E-state index contributed by atoms with van der Waals surface area (Å²) in [5.41, 5.74) is 5.60. The Hall–Kier alpha value is -0.220. The maximum absolute atomic E-state index is 11.3. The average molecular weight is 204 g/mol.